The van der Waals surface area contributed by atoms with Crippen molar-refractivity contribution in [1.29, 1.82) is 0 Å². The summed E-state index contributed by atoms with van der Waals surface area (Å²) in [6, 6.07) is 4.24. The number of rotatable bonds is 1. The lowest BCUT2D eigenvalue weighted by Gasteiger charge is -2.23. The fraction of sp³-hybridized carbons (Fsp3) is 0.500. The van der Waals surface area contributed by atoms with E-state index in [9.17, 15) is 0 Å². The van der Waals surface area contributed by atoms with Crippen LogP contribution in [0, 0.1) is 20.8 Å². The first-order chi connectivity index (χ1) is 6.73. The fourth-order valence-corrected chi connectivity index (χ4v) is 1.98. The topological polar surface area (TPSA) is 0 Å². The second-order valence-electron chi connectivity index (χ2n) is 4.06. The second kappa shape index (κ2) is 4.53. The molecule has 15 heavy (non-hydrogen) atoms. The highest BCUT2D eigenvalue weighted by Crippen LogP contribution is 2.42. The van der Waals surface area contributed by atoms with E-state index in [2.05, 4.69) is 32.9 Å². The molecule has 0 N–H and O–H groups in total. The van der Waals surface area contributed by atoms with Gasteiger partial charge in [-0.1, -0.05) is 53.9 Å². The third kappa shape index (κ3) is 3.03. The molecule has 0 radical (unpaired) electrons. The van der Waals surface area contributed by atoms with Gasteiger partial charge in [0.05, 0.1) is 0 Å². The van der Waals surface area contributed by atoms with Crippen LogP contribution in [-0.2, 0) is 0 Å². The van der Waals surface area contributed by atoms with Crippen molar-refractivity contribution in [2.24, 2.45) is 0 Å². The van der Waals surface area contributed by atoms with Crippen molar-refractivity contribution >= 4 is 34.8 Å². The maximum absolute atomic E-state index is 5.91. The van der Waals surface area contributed by atoms with E-state index in [-0.39, 0.29) is 5.92 Å². The summed E-state index contributed by atoms with van der Waals surface area (Å²) >= 11 is 17.7. The Balaban J connectivity index is 3.21. The largest absolute Gasteiger partial charge is 0.197 e. The summed E-state index contributed by atoms with van der Waals surface area (Å²) in [6.45, 7) is 8.15. The molecule has 1 unspecified atom stereocenters. The molecule has 0 spiro atoms. The molecule has 0 heterocycles. The number of benzene rings is 1. The molecule has 0 amide bonds. The van der Waals surface area contributed by atoms with E-state index in [4.69, 9.17) is 34.8 Å². The van der Waals surface area contributed by atoms with E-state index in [1.54, 1.807) is 0 Å². The molecule has 1 aromatic rings. The molecular formula is C12H15Cl3. The van der Waals surface area contributed by atoms with Crippen LogP contribution in [0.25, 0.3) is 0 Å². The quantitative estimate of drug-likeness (QED) is 0.621. The van der Waals surface area contributed by atoms with Gasteiger partial charge in [0.25, 0.3) is 0 Å². The molecule has 3 heteroatoms. The van der Waals surface area contributed by atoms with E-state index in [1.807, 2.05) is 6.92 Å². The highest BCUT2D eigenvalue weighted by Gasteiger charge is 2.30. The minimum absolute atomic E-state index is 0.0956. The third-order valence-electron chi connectivity index (χ3n) is 2.84. The summed E-state index contributed by atoms with van der Waals surface area (Å²) in [7, 11) is 0. The van der Waals surface area contributed by atoms with Crippen LogP contribution in [0.5, 0.6) is 0 Å². The Morgan fingerprint density at radius 1 is 0.933 bits per heavy atom. The minimum Gasteiger partial charge on any atom is -0.0830 e. The Kier molecular flexibility index (Phi) is 3.97. The number of aryl methyl sites for hydroxylation is 3. The van der Waals surface area contributed by atoms with Crippen LogP contribution in [0.15, 0.2) is 12.1 Å². The van der Waals surface area contributed by atoms with E-state index < -0.39 is 3.79 Å². The fourth-order valence-electron chi connectivity index (χ4n) is 1.63. The van der Waals surface area contributed by atoms with Crippen LogP contribution in [0.4, 0.5) is 0 Å². The van der Waals surface area contributed by atoms with Gasteiger partial charge in [-0.3, -0.25) is 0 Å². The van der Waals surface area contributed by atoms with E-state index in [1.165, 1.54) is 16.7 Å². The summed E-state index contributed by atoms with van der Waals surface area (Å²) in [5, 5.41) is 0. The molecule has 1 aromatic carbocycles. The summed E-state index contributed by atoms with van der Waals surface area (Å²) in [5.74, 6) is -0.0956. The predicted molar refractivity (Wildman–Crippen MR) is 69.4 cm³/mol. The molecule has 1 rings (SSSR count). The van der Waals surface area contributed by atoms with Gasteiger partial charge in [-0.05, 0) is 43.0 Å². The Labute approximate surface area is 107 Å². The summed E-state index contributed by atoms with van der Waals surface area (Å²) in [5.41, 5.74) is 4.79. The number of hydrogen-bond donors (Lipinski definition) is 0. The zero-order valence-corrected chi connectivity index (χ0v) is 11.6. The molecule has 1 atom stereocenters. The third-order valence-corrected chi connectivity index (χ3v) is 3.82. The monoisotopic (exact) mass is 264 g/mol. The smallest absolute Gasteiger partial charge is 0.0830 e. The van der Waals surface area contributed by atoms with Gasteiger partial charge >= 0.3 is 0 Å². The number of alkyl halides is 3. The maximum Gasteiger partial charge on any atom is 0.197 e. The molecule has 0 nitrogen and oxygen atoms in total. The highest BCUT2D eigenvalue weighted by molar-refractivity contribution is 6.68. The van der Waals surface area contributed by atoms with Gasteiger partial charge < -0.3 is 0 Å². The number of halogens is 3. The van der Waals surface area contributed by atoms with Crippen molar-refractivity contribution in [3.63, 3.8) is 0 Å². The molecule has 0 fully saturated rings. The lowest BCUT2D eigenvalue weighted by molar-refractivity contribution is 0.780. The van der Waals surface area contributed by atoms with Gasteiger partial charge in [0.1, 0.15) is 0 Å². The van der Waals surface area contributed by atoms with Crippen LogP contribution in [0.2, 0.25) is 0 Å². The zero-order valence-electron chi connectivity index (χ0n) is 9.37. The summed E-state index contributed by atoms with van der Waals surface area (Å²) in [4.78, 5) is 0. The van der Waals surface area contributed by atoms with Crippen molar-refractivity contribution in [1.82, 2.24) is 0 Å². The first kappa shape index (κ1) is 13.2. The lowest BCUT2D eigenvalue weighted by Crippen LogP contribution is -2.15. The first-order valence-corrected chi connectivity index (χ1v) is 6.01. The maximum atomic E-state index is 5.91. The average molecular weight is 266 g/mol. The molecule has 0 bridgehead atoms. The van der Waals surface area contributed by atoms with Gasteiger partial charge in [-0.2, -0.15) is 0 Å². The van der Waals surface area contributed by atoms with Crippen molar-refractivity contribution in [3.8, 4) is 0 Å². The van der Waals surface area contributed by atoms with Crippen LogP contribution in [-0.4, -0.2) is 3.79 Å². The van der Waals surface area contributed by atoms with Gasteiger partial charge in [-0.25, -0.2) is 0 Å². The van der Waals surface area contributed by atoms with E-state index >= 15 is 0 Å². The average Bonchev–Trinajstić information content (AvgIpc) is 2.08. The molecule has 0 saturated carbocycles. The minimum atomic E-state index is -1.24. The Morgan fingerprint density at radius 3 is 1.87 bits per heavy atom. The standard InChI is InChI=1S/C12H15Cl3/c1-7-5-9(3)11(6-8(7)2)10(4)12(13,14)15/h5-6,10H,1-4H3. The zero-order chi connectivity index (χ0) is 11.8. The molecule has 84 valence electrons. The van der Waals surface area contributed by atoms with Crippen LogP contribution < -0.4 is 0 Å². The van der Waals surface area contributed by atoms with Gasteiger partial charge in [0, 0.05) is 5.92 Å². The Hall–Kier alpha value is 0.0900. The van der Waals surface area contributed by atoms with Crippen molar-refractivity contribution in [2.45, 2.75) is 37.4 Å². The van der Waals surface area contributed by atoms with E-state index in [0.29, 0.717) is 0 Å². The van der Waals surface area contributed by atoms with Crippen LogP contribution >= 0.6 is 34.8 Å². The first-order valence-electron chi connectivity index (χ1n) is 4.88. The normalized spacial score (nSPS) is 14.1. The predicted octanol–water partition coefficient (Wildman–Crippen LogP) is 5.09. The Bertz CT molecular complexity index is 364. The van der Waals surface area contributed by atoms with Gasteiger partial charge in [-0.15, -0.1) is 0 Å². The summed E-state index contributed by atoms with van der Waals surface area (Å²) in [6.07, 6.45) is 0. The molecule has 0 aliphatic heterocycles. The molecular weight excluding hydrogens is 250 g/mol. The SMILES string of the molecule is Cc1cc(C)c(C(C)C(Cl)(Cl)Cl)cc1C. The van der Waals surface area contributed by atoms with Crippen LogP contribution in [0.1, 0.15) is 35.1 Å². The van der Waals surface area contributed by atoms with Crippen molar-refractivity contribution in [3.05, 3.63) is 34.4 Å². The van der Waals surface area contributed by atoms with Crippen LogP contribution in [0.3, 0.4) is 0 Å². The molecule has 0 saturated heterocycles. The van der Waals surface area contributed by atoms with E-state index in [0.717, 1.165) is 5.56 Å². The molecule has 0 aromatic heterocycles. The van der Waals surface area contributed by atoms with Crippen molar-refractivity contribution in [2.75, 3.05) is 0 Å². The van der Waals surface area contributed by atoms with Gasteiger partial charge in [0.15, 0.2) is 3.79 Å². The molecule has 0 aliphatic rings. The summed E-state index contributed by atoms with van der Waals surface area (Å²) < 4.78 is -1.24. The molecule has 0 aliphatic carbocycles. The Morgan fingerprint density at radius 2 is 1.40 bits per heavy atom. The highest BCUT2D eigenvalue weighted by atomic mass is 35.6. The van der Waals surface area contributed by atoms with Gasteiger partial charge in [0.2, 0.25) is 0 Å². The lowest BCUT2D eigenvalue weighted by atomic mass is 9.93. The van der Waals surface area contributed by atoms with Crippen molar-refractivity contribution < 1.29 is 0 Å². The second-order valence-corrected chi connectivity index (χ2v) is 6.43. The number of hydrogen-bond acceptors (Lipinski definition) is 0.